The Kier molecular flexibility index (Phi) is 5.89. The minimum atomic E-state index is -0.316. The molecule has 0 unspecified atom stereocenters. The van der Waals surface area contributed by atoms with Crippen LogP contribution in [-0.2, 0) is 11.2 Å². The van der Waals surface area contributed by atoms with E-state index in [4.69, 9.17) is 23.2 Å². The van der Waals surface area contributed by atoms with Gasteiger partial charge in [-0.25, -0.2) is 0 Å². The largest absolute Gasteiger partial charge is 0.345 e. The van der Waals surface area contributed by atoms with E-state index in [0.717, 1.165) is 6.42 Å². The third-order valence-electron chi connectivity index (χ3n) is 3.00. The van der Waals surface area contributed by atoms with Crippen LogP contribution in [-0.4, -0.2) is 12.5 Å². The molecule has 2 aromatic rings. The van der Waals surface area contributed by atoms with Crippen LogP contribution in [0, 0.1) is 18.8 Å². The van der Waals surface area contributed by atoms with E-state index in [2.05, 4.69) is 41.4 Å². The number of aryl methyl sites for hydroxylation is 1. The lowest BCUT2D eigenvalue weighted by molar-refractivity contribution is -0.115. The van der Waals surface area contributed by atoms with Gasteiger partial charge in [0.25, 0.3) is 5.91 Å². The molecule has 2 aromatic carbocycles. The number of nitrogens with one attached hydrogen (secondary N) is 1. The fraction of sp³-hybridized carbons (Fsp3) is 0.167. The van der Waals surface area contributed by atoms with Gasteiger partial charge in [-0.2, -0.15) is 0 Å². The van der Waals surface area contributed by atoms with Gasteiger partial charge in [0.05, 0.1) is 0 Å². The first-order valence-corrected chi connectivity index (χ1v) is 7.60. The topological polar surface area (TPSA) is 29.1 Å². The van der Waals surface area contributed by atoms with Crippen LogP contribution in [0.15, 0.2) is 42.5 Å². The molecule has 2 nitrogen and oxygen atoms in total. The number of amides is 1. The Morgan fingerprint density at radius 3 is 2.36 bits per heavy atom. The van der Waals surface area contributed by atoms with Gasteiger partial charge in [0.1, 0.15) is 0 Å². The molecular weight excluding hydrogens is 317 g/mol. The van der Waals surface area contributed by atoms with Gasteiger partial charge < -0.3 is 5.32 Å². The molecule has 0 aliphatic heterocycles. The fourth-order valence-corrected chi connectivity index (χ4v) is 2.40. The lowest BCUT2D eigenvalue weighted by atomic mass is 10.1. The van der Waals surface area contributed by atoms with E-state index in [1.54, 1.807) is 18.2 Å². The minimum Gasteiger partial charge on any atom is -0.345 e. The Morgan fingerprint density at radius 1 is 1.09 bits per heavy atom. The Bertz CT molecular complexity index is 707. The maximum atomic E-state index is 11.7. The van der Waals surface area contributed by atoms with Crippen LogP contribution in [0.2, 0.25) is 10.0 Å². The van der Waals surface area contributed by atoms with Crippen LogP contribution in [0.3, 0.4) is 0 Å². The summed E-state index contributed by atoms with van der Waals surface area (Å²) >= 11 is 11.8. The monoisotopic (exact) mass is 331 g/mol. The molecule has 0 aromatic heterocycles. The Balaban J connectivity index is 1.85. The molecule has 0 spiro atoms. The van der Waals surface area contributed by atoms with Gasteiger partial charge >= 0.3 is 0 Å². The van der Waals surface area contributed by atoms with Crippen molar-refractivity contribution in [2.45, 2.75) is 13.3 Å². The molecule has 0 heterocycles. The van der Waals surface area contributed by atoms with Crippen LogP contribution in [0.5, 0.6) is 0 Å². The van der Waals surface area contributed by atoms with Gasteiger partial charge in [0.2, 0.25) is 0 Å². The Labute approximate surface area is 140 Å². The van der Waals surface area contributed by atoms with E-state index in [1.807, 2.05) is 6.92 Å². The molecule has 0 saturated heterocycles. The van der Waals surface area contributed by atoms with Crippen molar-refractivity contribution in [3.8, 4) is 11.8 Å². The molecule has 22 heavy (non-hydrogen) atoms. The van der Waals surface area contributed by atoms with Crippen molar-refractivity contribution in [3.05, 3.63) is 69.2 Å². The highest BCUT2D eigenvalue weighted by molar-refractivity contribution is 6.34. The highest BCUT2D eigenvalue weighted by Crippen LogP contribution is 2.18. The lowest BCUT2D eigenvalue weighted by Gasteiger charge is -2.02. The summed E-state index contributed by atoms with van der Waals surface area (Å²) in [5.74, 6) is 4.97. The zero-order valence-corrected chi connectivity index (χ0v) is 13.6. The summed E-state index contributed by atoms with van der Waals surface area (Å²) in [4.78, 5) is 11.7. The molecule has 1 N–H and O–H groups in total. The predicted molar refractivity (Wildman–Crippen MR) is 91.2 cm³/mol. The Hall–Kier alpha value is -1.95. The number of benzene rings is 2. The normalized spacial score (nSPS) is 9.77. The lowest BCUT2D eigenvalue weighted by Crippen LogP contribution is -2.23. The summed E-state index contributed by atoms with van der Waals surface area (Å²) in [7, 11) is 0. The van der Waals surface area contributed by atoms with Gasteiger partial charge in [-0.3, -0.25) is 4.79 Å². The maximum absolute atomic E-state index is 11.7. The van der Waals surface area contributed by atoms with Gasteiger partial charge in [-0.15, -0.1) is 0 Å². The van der Waals surface area contributed by atoms with Crippen LogP contribution in [0.25, 0.3) is 0 Å². The molecule has 0 bridgehead atoms. The highest BCUT2D eigenvalue weighted by Gasteiger charge is 1.98. The van der Waals surface area contributed by atoms with E-state index >= 15 is 0 Å². The van der Waals surface area contributed by atoms with E-state index in [9.17, 15) is 4.79 Å². The molecule has 4 heteroatoms. The number of hydrogen-bond acceptors (Lipinski definition) is 1. The quantitative estimate of drug-likeness (QED) is 0.846. The molecule has 0 atom stereocenters. The predicted octanol–water partition coefficient (Wildman–Crippen LogP) is 4.01. The summed E-state index contributed by atoms with van der Waals surface area (Å²) in [5, 5.41) is 3.76. The average Bonchev–Trinajstić information content (AvgIpc) is 2.46. The summed E-state index contributed by atoms with van der Waals surface area (Å²) in [5.41, 5.74) is 3.02. The molecule has 1 amide bonds. The molecule has 0 aliphatic rings. The smallest absolute Gasteiger partial charge is 0.296 e. The summed E-state index contributed by atoms with van der Waals surface area (Å²) in [6.07, 6.45) is 0.774. The molecule has 0 radical (unpaired) electrons. The SMILES string of the molecule is Cc1ccc(CCNC(=O)C#Cc2cc(Cl)cc(Cl)c2)cc1. The molecule has 0 saturated carbocycles. The Morgan fingerprint density at radius 2 is 1.73 bits per heavy atom. The second-order valence-corrected chi connectivity index (χ2v) is 5.77. The van der Waals surface area contributed by atoms with Crippen molar-refractivity contribution in [1.29, 1.82) is 0 Å². The zero-order chi connectivity index (χ0) is 15.9. The summed E-state index contributed by atoms with van der Waals surface area (Å²) < 4.78 is 0. The van der Waals surface area contributed by atoms with Crippen molar-refractivity contribution in [3.63, 3.8) is 0 Å². The van der Waals surface area contributed by atoms with Crippen LogP contribution >= 0.6 is 23.2 Å². The van der Waals surface area contributed by atoms with Crippen molar-refractivity contribution in [2.75, 3.05) is 6.54 Å². The van der Waals surface area contributed by atoms with E-state index < -0.39 is 0 Å². The molecule has 0 fully saturated rings. The van der Waals surface area contributed by atoms with Crippen molar-refractivity contribution in [2.24, 2.45) is 0 Å². The van der Waals surface area contributed by atoms with Gasteiger partial charge in [0.15, 0.2) is 0 Å². The van der Waals surface area contributed by atoms with Gasteiger partial charge in [-0.05, 0) is 37.1 Å². The van der Waals surface area contributed by atoms with Crippen LogP contribution < -0.4 is 5.32 Å². The van der Waals surface area contributed by atoms with E-state index in [1.165, 1.54) is 11.1 Å². The van der Waals surface area contributed by atoms with Crippen molar-refractivity contribution in [1.82, 2.24) is 5.32 Å². The minimum absolute atomic E-state index is 0.316. The summed E-state index contributed by atoms with van der Waals surface area (Å²) in [6, 6.07) is 13.2. The first kappa shape index (κ1) is 16.4. The molecule has 2 rings (SSSR count). The third kappa shape index (κ3) is 5.44. The maximum Gasteiger partial charge on any atom is 0.296 e. The highest BCUT2D eigenvalue weighted by atomic mass is 35.5. The fourth-order valence-electron chi connectivity index (χ4n) is 1.87. The van der Waals surface area contributed by atoms with Crippen molar-refractivity contribution < 1.29 is 4.79 Å². The van der Waals surface area contributed by atoms with Crippen LogP contribution in [0.4, 0.5) is 0 Å². The average molecular weight is 332 g/mol. The van der Waals surface area contributed by atoms with Gasteiger partial charge in [0, 0.05) is 28.1 Å². The molecule has 112 valence electrons. The van der Waals surface area contributed by atoms with Gasteiger partial charge in [-0.1, -0.05) is 59.0 Å². The molecular formula is C18H15Cl2NO. The zero-order valence-electron chi connectivity index (χ0n) is 12.1. The standard InChI is InChI=1S/C18H15Cl2NO/c1-13-2-4-14(5-3-13)8-9-21-18(22)7-6-15-10-16(19)12-17(20)11-15/h2-5,10-12H,8-9H2,1H3,(H,21,22). The number of hydrogen-bond donors (Lipinski definition) is 1. The molecule has 0 aliphatic carbocycles. The second kappa shape index (κ2) is 7.89. The number of halogens is 2. The second-order valence-electron chi connectivity index (χ2n) is 4.90. The van der Waals surface area contributed by atoms with E-state index in [0.29, 0.717) is 22.2 Å². The first-order chi connectivity index (χ1) is 10.5. The van der Waals surface area contributed by atoms with Crippen LogP contribution in [0.1, 0.15) is 16.7 Å². The number of carbonyl (C=O) groups excluding carboxylic acids is 1. The first-order valence-electron chi connectivity index (χ1n) is 6.84. The van der Waals surface area contributed by atoms with Crippen molar-refractivity contribution >= 4 is 29.1 Å². The third-order valence-corrected chi connectivity index (χ3v) is 3.44. The number of carbonyl (C=O) groups is 1. The van der Waals surface area contributed by atoms with E-state index in [-0.39, 0.29) is 5.91 Å². The number of rotatable bonds is 3. The summed E-state index contributed by atoms with van der Waals surface area (Å²) in [6.45, 7) is 2.59.